The van der Waals surface area contributed by atoms with Gasteiger partial charge in [0.15, 0.2) is 0 Å². The van der Waals surface area contributed by atoms with E-state index in [2.05, 4.69) is 120 Å². The second-order valence-electron chi connectivity index (χ2n) is 9.55. The molecule has 0 saturated carbocycles. The second kappa shape index (κ2) is 8.82. The lowest BCUT2D eigenvalue weighted by molar-refractivity contribution is 0.122. The Morgan fingerprint density at radius 3 is 1.58 bits per heavy atom. The van der Waals surface area contributed by atoms with Gasteiger partial charge in [-0.2, -0.15) is 0 Å². The van der Waals surface area contributed by atoms with Crippen molar-refractivity contribution in [3.05, 3.63) is 115 Å². The average Bonchev–Trinajstić information content (AvgIpc) is 2.96. The third kappa shape index (κ3) is 3.54. The number of nitrogens with zero attached hydrogens (tertiary/aromatic N) is 1. The van der Waals surface area contributed by atoms with Crippen LogP contribution < -0.4 is 4.90 Å². The van der Waals surface area contributed by atoms with Gasteiger partial charge in [-0.15, -0.1) is 0 Å². The van der Waals surface area contributed by atoms with E-state index in [9.17, 15) is 0 Å². The standard InChI is InChI=1S/C34H27NO/c1-2-8-26-23-27(14-13-24(26)7-1)34-31-11-5-3-9-29(31)33(30-10-4-6-12-32(30)34)25-15-17-28(18-16-25)35-19-21-36-22-20-35/h1-18,23H,19-22H2. The summed E-state index contributed by atoms with van der Waals surface area (Å²) in [7, 11) is 0. The van der Waals surface area contributed by atoms with Gasteiger partial charge in [0.25, 0.3) is 0 Å². The first kappa shape index (κ1) is 21.2. The van der Waals surface area contributed by atoms with Gasteiger partial charge in [-0.05, 0) is 72.8 Å². The van der Waals surface area contributed by atoms with E-state index in [1.165, 1.54) is 60.3 Å². The molecule has 7 rings (SSSR count). The predicted molar refractivity (Wildman–Crippen MR) is 153 cm³/mol. The number of ether oxygens (including phenoxy) is 1. The zero-order chi connectivity index (χ0) is 23.9. The van der Waals surface area contributed by atoms with Crippen LogP contribution in [0.5, 0.6) is 0 Å². The van der Waals surface area contributed by atoms with Crippen LogP contribution in [0.15, 0.2) is 115 Å². The summed E-state index contributed by atoms with van der Waals surface area (Å²) in [6, 6.07) is 42.3. The number of hydrogen-bond acceptors (Lipinski definition) is 2. The van der Waals surface area contributed by atoms with Crippen molar-refractivity contribution >= 4 is 38.0 Å². The van der Waals surface area contributed by atoms with Gasteiger partial charge in [0.2, 0.25) is 0 Å². The molecular weight excluding hydrogens is 438 g/mol. The molecule has 1 fully saturated rings. The van der Waals surface area contributed by atoms with Gasteiger partial charge in [-0.3, -0.25) is 0 Å². The van der Waals surface area contributed by atoms with Crippen molar-refractivity contribution in [2.24, 2.45) is 0 Å². The zero-order valence-electron chi connectivity index (χ0n) is 20.2. The van der Waals surface area contributed by atoms with Crippen molar-refractivity contribution in [2.45, 2.75) is 0 Å². The molecule has 1 aliphatic rings. The fourth-order valence-corrected chi connectivity index (χ4v) is 5.76. The summed E-state index contributed by atoms with van der Waals surface area (Å²) in [5.41, 5.74) is 6.39. The maximum absolute atomic E-state index is 5.54. The lowest BCUT2D eigenvalue weighted by Gasteiger charge is -2.29. The van der Waals surface area contributed by atoms with E-state index in [1.807, 2.05) is 0 Å². The van der Waals surface area contributed by atoms with Gasteiger partial charge < -0.3 is 9.64 Å². The third-order valence-electron chi connectivity index (χ3n) is 7.50. The van der Waals surface area contributed by atoms with Crippen LogP contribution in [0.4, 0.5) is 5.69 Å². The molecule has 0 N–H and O–H groups in total. The molecule has 0 aliphatic carbocycles. The van der Waals surface area contributed by atoms with Crippen molar-refractivity contribution < 1.29 is 4.74 Å². The largest absolute Gasteiger partial charge is 0.378 e. The smallest absolute Gasteiger partial charge is 0.0642 e. The summed E-state index contributed by atoms with van der Waals surface area (Å²) in [4.78, 5) is 2.41. The van der Waals surface area contributed by atoms with Crippen LogP contribution in [0.1, 0.15) is 0 Å². The summed E-state index contributed by atoms with van der Waals surface area (Å²) in [5.74, 6) is 0. The Kier molecular flexibility index (Phi) is 5.18. The van der Waals surface area contributed by atoms with Crippen LogP contribution in [0.2, 0.25) is 0 Å². The fourth-order valence-electron chi connectivity index (χ4n) is 5.76. The summed E-state index contributed by atoms with van der Waals surface area (Å²) >= 11 is 0. The van der Waals surface area contributed by atoms with Gasteiger partial charge >= 0.3 is 0 Å². The number of anilines is 1. The van der Waals surface area contributed by atoms with Crippen molar-refractivity contribution in [1.29, 1.82) is 0 Å². The maximum Gasteiger partial charge on any atom is 0.0642 e. The molecule has 2 nitrogen and oxygen atoms in total. The molecule has 6 aromatic rings. The van der Waals surface area contributed by atoms with Crippen LogP contribution in [0, 0.1) is 0 Å². The van der Waals surface area contributed by atoms with E-state index in [4.69, 9.17) is 4.74 Å². The quantitative estimate of drug-likeness (QED) is 0.244. The van der Waals surface area contributed by atoms with Crippen LogP contribution in [0.3, 0.4) is 0 Å². The van der Waals surface area contributed by atoms with Gasteiger partial charge in [-0.1, -0.05) is 97.1 Å². The van der Waals surface area contributed by atoms with E-state index >= 15 is 0 Å². The summed E-state index contributed by atoms with van der Waals surface area (Å²) in [6.45, 7) is 3.50. The molecule has 0 unspecified atom stereocenters. The highest BCUT2D eigenvalue weighted by Crippen LogP contribution is 2.44. The summed E-state index contributed by atoms with van der Waals surface area (Å²) < 4.78 is 5.54. The zero-order valence-corrected chi connectivity index (χ0v) is 20.2. The minimum atomic E-state index is 0.799. The predicted octanol–water partition coefficient (Wildman–Crippen LogP) is 8.32. The van der Waals surface area contributed by atoms with E-state index < -0.39 is 0 Å². The molecule has 2 heteroatoms. The van der Waals surface area contributed by atoms with E-state index in [0.717, 1.165) is 26.3 Å². The average molecular weight is 466 g/mol. The lowest BCUT2D eigenvalue weighted by atomic mass is 9.85. The summed E-state index contributed by atoms with van der Waals surface area (Å²) in [5, 5.41) is 7.70. The molecule has 1 saturated heterocycles. The molecule has 174 valence electrons. The van der Waals surface area contributed by atoms with Crippen molar-refractivity contribution in [1.82, 2.24) is 0 Å². The van der Waals surface area contributed by atoms with E-state index in [-0.39, 0.29) is 0 Å². The molecule has 1 heterocycles. The monoisotopic (exact) mass is 465 g/mol. The van der Waals surface area contributed by atoms with Crippen molar-refractivity contribution in [2.75, 3.05) is 31.2 Å². The number of hydrogen-bond donors (Lipinski definition) is 0. The number of rotatable bonds is 3. The number of fused-ring (bicyclic) bond motifs is 3. The molecule has 0 atom stereocenters. The second-order valence-corrected chi connectivity index (χ2v) is 9.55. The van der Waals surface area contributed by atoms with Gasteiger partial charge in [0, 0.05) is 18.8 Å². The molecule has 6 aromatic carbocycles. The Hall–Kier alpha value is -4.14. The Morgan fingerprint density at radius 2 is 0.972 bits per heavy atom. The minimum Gasteiger partial charge on any atom is -0.378 e. The molecule has 0 amide bonds. The summed E-state index contributed by atoms with van der Waals surface area (Å²) in [6.07, 6.45) is 0. The first-order valence-corrected chi connectivity index (χ1v) is 12.7. The van der Waals surface area contributed by atoms with Gasteiger partial charge in [0.1, 0.15) is 0 Å². The first-order chi connectivity index (χ1) is 17.9. The highest BCUT2D eigenvalue weighted by atomic mass is 16.5. The maximum atomic E-state index is 5.54. The van der Waals surface area contributed by atoms with Crippen LogP contribution >= 0.6 is 0 Å². The molecule has 1 aliphatic heterocycles. The highest BCUT2D eigenvalue weighted by Gasteiger charge is 2.17. The molecule has 0 aromatic heterocycles. The highest BCUT2D eigenvalue weighted by molar-refractivity contribution is 6.21. The van der Waals surface area contributed by atoms with Crippen LogP contribution in [-0.4, -0.2) is 26.3 Å². The molecule has 0 bridgehead atoms. The third-order valence-corrected chi connectivity index (χ3v) is 7.50. The minimum absolute atomic E-state index is 0.799. The number of morpholine rings is 1. The first-order valence-electron chi connectivity index (χ1n) is 12.7. The van der Waals surface area contributed by atoms with E-state index in [1.54, 1.807) is 0 Å². The molecule has 0 spiro atoms. The van der Waals surface area contributed by atoms with Gasteiger partial charge in [0.05, 0.1) is 13.2 Å². The topological polar surface area (TPSA) is 12.5 Å². The fraction of sp³-hybridized carbons (Fsp3) is 0.118. The Balaban J connectivity index is 1.46. The SMILES string of the molecule is c1ccc2cc(-c3c4ccccc4c(-c4ccc(N5CCOCC5)cc4)c4ccccc34)ccc2c1. The molecule has 36 heavy (non-hydrogen) atoms. The van der Waals surface area contributed by atoms with E-state index in [0.29, 0.717) is 0 Å². The van der Waals surface area contributed by atoms with Crippen molar-refractivity contribution in [3.63, 3.8) is 0 Å². The lowest BCUT2D eigenvalue weighted by Crippen LogP contribution is -2.36. The molecular formula is C34H27NO. The Labute approximate surface area is 211 Å². The van der Waals surface area contributed by atoms with Crippen LogP contribution in [0.25, 0.3) is 54.6 Å². The molecule has 0 radical (unpaired) electrons. The number of benzene rings is 6. The van der Waals surface area contributed by atoms with Crippen LogP contribution in [-0.2, 0) is 4.74 Å². The Morgan fingerprint density at radius 1 is 0.472 bits per heavy atom. The van der Waals surface area contributed by atoms with Gasteiger partial charge in [-0.25, -0.2) is 0 Å². The Bertz CT molecular complexity index is 1650. The normalized spacial score (nSPS) is 14.1. The van der Waals surface area contributed by atoms with Crippen molar-refractivity contribution in [3.8, 4) is 22.3 Å².